The largest absolute Gasteiger partial charge is 0.401 e. The van der Waals surface area contributed by atoms with Crippen molar-refractivity contribution in [2.75, 3.05) is 19.6 Å². The van der Waals surface area contributed by atoms with Gasteiger partial charge in [-0.25, -0.2) is 0 Å². The highest BCUT2D eigenvalue weighted by molar-refractivity contribution is 5.22. The van der Waals surface area contributed by atoms with Crippen LogP contribution in [0.15, 0.2) is 24.3 Å². The molecule has 1 fully saturated rings. The van der Waals surface area contributed by atoms with Crippen LogP contribution in [0.2, 0.25) is 0 Å². The molecule has 1 aliphatic heterocycles. The van der Waals surface area contributed by atoms with E-state index in [9.17, 15) is 13.2 Å². The second kappa shape index (κ2) is 7.27. The summed E-state index contributed by atoms with van der Waals surface area (Å²) in [7, 11) is 0. The Hall–Kier alpha value is -1.07. The van der Waals surface area contributed by atoms with Crippen LogP contribution in [0.3, 0.4) is 0 Å². The molecule has 0 bridgehead atoms. The Labute approximate surface area is 124 Å². The van der Waals surface area contributed by atoms with Gasteiger partial charge in [0.05, 0.1) is 6.54 Å². The lowest BCUT2D eigenvalue weighted by molar-refractivity contribution is -0.148. The number of nitrogens with zero attached hydrogens (tertiary/aromatic N) is 1. The Morgan fingerprint density at radius 2 is 1.67 bits per heavy atom. The van der Waals surface area contributed by atoms with Crippen LogP contribution in [0.1, 0.15) is 30.9 Å². The molecule has 1 aliphatic rings. The van der Waals surface area contributed by atoms with Gasteiger partial charge in [0, 0.05) is 12.6 Å². The van der Waals surface area contributed by atoms with Crippen LogP contribution in [-0.2, 0) is 13.0 Å². The van der Waals surface area contributed by atoms with E-state index in [2.05, 4.69) is 36.5 Å². The lowest BCUT2D eigenvalue weighted by Gasteiger charge is -2.32. The van der Waals surface area contributed by atoms with E-state index in [0.717, 1.165) is 25.8 Å². The first-order chi connectivity index (χ1) is 9.96. The van der Waals surface area contributed by atoms with Gasteiger partial charge in [-0.3, -0.25) is 4.90 Å². The number of halogens is 3. The Morgan fingerprint density at radius 1 is 1.10 bits per heavy atom. The maximum Gasteiger partial charge on any atom is 0.401 e. The molecule has 0 amide bonds. The molecule has 0 spiro atoms. The third-order valence-electron chi connectivity index (χ3n) is 4.02. The van der Waals surface area contributed by atoms with Crippen LogP contribution in [-0.4, -0.2) is 36.8 Å². The summed E-state index contributed by atoms with van der Waals surface area (Å²) in [6.07, 6.45) is -1.49. The van der Waals surface area contributed by atoms with Gasteiger partial charge in [0.2, 0.25) is 0 Å². The summed E-state index contributed by atoms with van der Waals surface area (Å²) in [5.41, 5.74) is 2.55. The minimum atomic E-state index is -4.08. The average Bonchev–Trinajstić information content (AvgIpc) is 2.45. The number of aryl methyl sites for hydroxylation is 1. The van der Waals surface area contributed by atoms with Crippen molar-refractivity contribution in [3.63, 3.8) is 0 Å². The number of nitrogens with one attached hydrogen (secondary N) is 1. The number of likely N-dealkylation sites (tertiary alicyclic amines) is 1. The van der Waals surface area contributed by atoms with Gasteiger partial charge in [0.15, 0.2) is 0 Å². The van der Waals surface area contributed by atoms with E-state index < -0.39 is 12.7 Å². The van der Waals surface area contributed by atoms with E-state index in [1.165, 1.54) is 16.0 Å². The first-order valence-electron chi connectivity index (χ1n) is 7.56. The zero-order valence-corrected chi connectivity index (χ0v) is 12.4. The summed E-state index contributed by atoms with van der Waals surface area (Å²) < 4.78 is 36.9. The van der Waals surface area contributed by atoms with Gasteiger partial charge in [-0.15, -0.1) is 0 Å². The summed E-state index contributed by atoms with van der Waals surface area (Å²) in [5.74, 6) is 0. The second-order valence-electron chi connectivity index (χ2n) is 5.72. The quantitative estimate of drug-likeness (QED) is 0.897. The second-order valence-corrected chi connectivity index (χ2v) is 5.72. The van der Waals surface area contributed by atoms with Crippen LogP contribution in [0.5, 0.6) is 0 Å². The Morgan fingerprint density at radius 3 is 2.19 bits per heavy atom. The zero-order chi connectivity index (χ0) is 15.3. The monoisotopic (exact) mass is 300 g/mol. The summed E-state index contributed by atoms with van der Waals surface area (Å²) in [5, 5.41) is 3.45. The average molecular weight is 300 g/mol. The molecule has 0 unspecified atom stereocenters. The summed E-state index contributed by atoms with van der Waals surface area (Å²) in [4.78, 5) is 1.49. The number of alkyl halides is 3. The number of hydrogen-bond acceptors (Lipinski definition) is 2. The van der Waals surface area contributed by atoms with Crippen LogP contribution in [0.4, 0.5) is 13.2 Å². The van der Waals surface area contributed by atoms with Crippen molar-refractivity contribution >= 4 is 0 Å². The fraction of sp³-hybridized carbons (Fsp3) is 0.625. The number of piperidine rings is 1. The molecule has 0 aromatic heterocycles. The van der Waals surface area contributed by atoms with Gasteiger partial charge in [-0.1, -0.05) is 31.2 Å². The Kier molecular flexibility index (Phi) is 5.65. The van der Waals surface area contributed by atoms with Gasteiger partial charge < -0.3 is 5.32 Å². The van der Waals surface area contributed by atoms with E-state index in [1.807, 2.05) is 0 Å². The molecule has 0 aliphatic carbocycles. The summed E-state index contributed by atoms with van der Waals surface area (Å²) >= 11 is 0. The minimum absolute atomic E-state index is 0.320. The maximum absolute atomic E-state index is 12.3. The topological polar surface area (TPSA) is 15.3 Å². The molecule has 1 aromatic carbocycles. The number of rotatable bonds is 5. The van der Waals surface area contributed by atoms with Crippen LogP contribution in [0, 0.1) is 0 Å². The van der Waals surface area contributed by atoms with E-state index in [4.69, 9.17) is 0 Å². The highest BCUT2D eigenvalue weighted by atomic mass is 19.4. The minimum Gasteiger partial charge on any atom is -0.310 e. The predicted molar refractivity (Wildman–Crippen MR) is 78.2 cm³/mol. The van der Waals surface area contributed by atoms with E-state index >= 15 is 0 Å². The fourth-order valence-corrected chi connectivity index (χ4v) is 2.70. The number of benzene rings is 1. The van der Waals surface area contributed by atoms with E-state index in [0.29, 0.717) is 19.1 Å². The molecule has 1 saturated heterocycles. The highest BCUT2D eigenvalue weighted by Gasteiger charge is 2.32. The van der Waals surface area contributed by atoms with Crippen LogP contribution in [0.25, 0.3) is 0 Å². The molecule has 21 heavy (non-hydrogen) atoms. The maximum atomic E-state index is 12.3. The predicted octanol–water partition coefficient (Wildman–Crippen LogP) is 3.37. The molecule has 0 saturated carbocycles. The van der Waals surface area contributed by atoms with Crippen molar-refractivity contribution in [1.29, 1.82) is 0 Å². The normalized spacial score (nSPS) is 18.1. The molecular weight excluding hydrogens is 277 g/mol. The lowest BCUT2D eigenvalue weighted by atomic mass is 10.0. The molecular formula is C16H23F3N2. The molecule has 1 heterocycles. The zero-order valence-electron chi connectivity index (χ0n) is 12.4. The van der Waals surface area contributed by atoms with Crippen molar-refractivity contribution in [2.24, 2.45) is 0 Å². The Balaban J connectivity index is 1.71. The van der Waals surface area contributed by atoms with Crippen molar-refractivity contribution in [3.8, 4) is 0 Å². The van der Waals surface area contributed by atoms with Gasteiger partial charge in [-0.2, -0.15) is 13.2 Å². The van der Waals surface area contributed by atoms with Gasteiger partial charge in [0.1, 0.15) is 0 Å². The van der Waals surface area contributed by atoms with Gasteiger partial charge in [0.25, 0.3) is 0 Å². The van der Waals surface area contributed by atoms with Crippen molar-refractivity contribution in [3.05, 3.63) is 35.4 Å². The molecule has 2 rings (SSSR count). The first kappa shape index (κ1) is 16.3. The van der Waals surface area contributed by atoms with Gasteiger partial charge in [-0.05, 0) is 43.5 Å². The summed E-state index contributed by atoms with van der Waals surface area (Å²) in [6, 6.07) is 8.81. The highest BCUT2D eigenvalue weighted by Crippen LogP contribution is 2.20. The summed E-state index contributed by atoms with van der Waals surface area (Å²) in [6.45, 7) is 3.17. The van der Waals surface area contributed by atoms with Crippen LogP contribution >= 0.6 is 0 Å². The first-order valence-corrected chi connectivity index (χ1v) is 7.56. The Bertz CT molecular complexity index is 420. The van der Waals surface area contributed by atoms with Crippen molar-refractivity contribution in [1.82, 2.24) is 10.2 Å². The molecule has 1 aromatic rings. The standard InChI is InChI=1S/C16H23F3N2/c1-2-13-3-5-14(6-4-13)11-20-15-7-9-21(10-8-15)12-16(17,18)19/h3-6,15,20H,2,7-12H2,1H3. The van der Waals surface area contributed by atoms with Gasteiger partial charge >= 0.3 is 6.18 Å². The molecule has 0 radical (unpaired) electrons. The molecule has 5 heteroatoms. The molecule has 118 valence electrons. The lowest BCUT2D eigenvalue weighted by Crippen LogP contribution is -2.45. The molecule has 1 N–H and O–H groups in total. The van der Waals surface area contributed by atoms with Crippen molar-refractivity contribution in [2.45, 2.75) is 44.9 Å². The van der Waals surface area contributed by atoms with Crippen LogP contribution < -0.4 is 5.32 Å². The molecule has 0 atom stereocenters. The fourth-order valence-electron chi connectivity index (χ4n) is 2.70. The smallest absolute Gasteiger partial charge is 0.310 e. The molecule has 2 nitrogen and oxygen atoms in total. The third-order valence-corrected chi connectivity index (χ3v) is 4.02. The third kappa shape index (κ3) is 5.67. The number of hydrogen-bond donors (Lipinski definition) is 1. The van der Waals surface area contributed by atoms with E-state index in [-0.39, 0.29) is 0 Å². The van der Waals surface area contributed by atoms with Crippen molar-refractivity contribution < 1.29 is 13.2 Å². The SMILES string of the molecule is CCc1ccc(CNC2CCN(CC(F)(F)F)CC2)cc1. The van der Waals surface area contributed by atoms with E-state index in [1.54, 1.807) is 0 Å².